The normalized spacial score (nSPS) is 32.1. The number of thioether (sulfide) groups is 1. The smallest absolute Gasteiger partial charge is 0.253 e. The number of hydrogen-bond donors (Lipinski definition) is 1. The number of carbonyl (C=O) groups is 2. The van der Waals surface area contributed by atoms with Gasteiger partial charge in [0.1, 0.15) is 6.04 Å². The Balaban J connectivity index is 2.02. The standard InChI is InChI=1S/C11H17N3O2S/c1-3-7-6-17-11(12-7)13-8-4-5-9(15)14(2)10(8)16/h7-8H,3-6H2,1-2H3,(H,12,13). The molecule has 6 heteroatoms. The SMILES string of the molecule is CCC1CSC(=NC2CCC(=O)N(C)C2=O)N1. The molecular weight excluding hydrogens is 238 g/mol. The molecule has 0 aromatic carbocycles. The zero-order chi connectivity index (χ0) is 12.4. The lowest BCUT2D eigenvalue weighted by Gasteiger charge is -2.25. The minimum absolute atomic E-state index is 0.107. The summed E-state index contributed by atoms with van der Waals surface area (Å²) in [5.41, 5.74) is 0. The number of rotatable bonds is 2. The lowest BCUT2D eigenvalue weighted by molar-refractivity contribution is -0.147. The van der Waals surface area contributed by atoms with Crippen LogP contribution in [0, 0.1) is 0 Å². The largest absolute Gasteiger partial charge is 0.361 e. The minimum Gasteiger partial charge on any atom is -0.361 e. The van der Waals surface area contributed by atoms with E-state index in [1.807, 2.05) is 0 Å². The average molecular weight is 255 g/mol. The van der Waals surface area contributed by atoms with Gasteiger partial charge in [-0.1, -0.05) is 18.7 Å². The first-order valence-corrected chi connectivity index (χ1v) is 6.88. The summed E-state index contributed by atoms with van der Waals surface area (Å²) in [5, 5.41) is 4.14. The number of carbonyl (C=O) groups excluding carboxylic acids is 2. The van der Waals surface area contributed by atoms with Crippen molar-refractivity contribution in [2.45, 2.75) is 38.3 Å². The van der Waals surface area contributed by atoms with Crippen LogP contribution >= 0.6 is 11.8 Å². The number of amidine groups is 1. The predicted octanol–water partition coefficient (Wildman–Crippen LogP) is 0.605. The Hall–Kier alpha value is -1.04. The fraction of sp³-hybridized carbons (Fsp3) is 0.727. The van der Waals surface area contributed by atoms with Crippen LogP contribution < -0.4 is 5.32 Å². The molecule has 0 aromatic heterocycles. The first-order valence-electron chi connectivity index (χ1n) is 5.89. The lowest BCUT2D eigenvalue weighted by atomic mass is 10.1. The number of aliphatic imine (C=N–C) groups is 1. The molecule has 2 saturated heterocycles. The van der Waals surface area contributed by atoms with Crippen LogP contribution in [0.3, 0.4) is 0 Å². The highest BCUT2D eigenvalue weighted by Crippen LogP contribution is 2.20. The number of amides is 2. The summed E-state index contributed by atoms with van der Waals surface area (Å²) in [6.45, 7) is 2.12. The van der Waals surface area contributed by atoms with E-state index in [0.717, 1.165) is 17.3 Å². The monoisotopic (exact) mass is 255 g/mol. The van der Waals surface area contributed by atoms with Crippen LogP contribution in [0.5, 0.6) is 0 Å². The lowest BCUT2D eigenvalue weighted by Crippen LogP contribution is -2.45. The molecule has 2 heterocycles. The van der Waals surface area contributed by atoms with E-state index >= 15 is 0 Å². The van der Waals surface area contributed by atoms with Crippen LogP contribution in [0.1, 0.15) is 26.2 Å². The van der Waals surface area contributed by atoms with Crippen LogP contribution in [0.2, 0.25) is 0 Å². The molecule has 2 fully saturated rings. The Morgan fingerprint density at radius 1 is 1.53 bits per heavy atom. The zero-order valence-electron chi connectivity index (χ0n) is 10.1. The second kappa shape index (κ2) is 5.08. The summed E-state index contributed by atoms with van der Waals surface area (Å²) in [4.78, 5) is 28.8. The molecule has 2 unspecified atom stereocenters. The summed E-state index contributed by atoms with van der Waals surface area (Å²) in [5.74, 6) is 0.714. The molecule has 0 aromatic rings. The van der Waals surface area contributed by atoms with Gasteiger partial charge in [-0.25, -0.2) is 4.99 Å². The highest BCUT2D eigenvalue weighted by atomic mass is 32.2. The van der Waals surface area contributed by atoms with Crippen molar-refractivity contribution in [3.05, 3.63) is 0 Å². The molecule has 2 rings (SSSR count). The second-order valence-electron chi connectivity index (χ2n) is 4.34. The van der Waals surface area contributed by atoms with Gasteiger partial charge in [-0.3, -0.25) is 14.5 Å². The molecule has 0 radical (unpaired) electrons. The number of imide groups is 1. The van der Waals surface area contributed by atoms with Crippen LogP contribution in [0.25, 0.3) is 0 Å². The molecule has 5 nitrogen and oxygen atoms in total. The number of likely N-dealkylation sites (N-methyl/N-ethyl adjacent to an activating group) is 1. The Labute approximate surface area is 105 Å². The van der Waals surface area contributed by atoms with Gasteiger partial charge in [-0.05, 0) is 12.8 Å². The van der Waals surface area contributed by atoms with Crippen molar-refractivity contribution in [2.24, 2.45) is 4.99 Å². The van der Waals surface area contributed by atoms with Crippen LogP contribution in [-0.4, -0.2) is 46.8 Å². The summed E-state index contributed by atoms with van der Waals surface area (Å²) >= 11 is 1.66. The Morgan fingerprint density at radius 2 is 2.29 bits per heavy atom. The predicted molar refractivity (Wildman–Crippen MR) is 67.9 cm³/mol. The van der Waals surface area contributed by atoms with E-state index in [1.165, 1.54) is 11.9 Å². The first kappa shape index (κ1) is 12.4. The highest BCUT2D eigenvalue weighted by Gasteiger charge is 2.32. The molecule has 0 saturated carbocycles. The summed E-state index contributed by atoms with van der Waals surface area (Å²) < 4.78 is 0. The van der Waals surface area contributed by atoms with Crippen molar-refractivity contribution < 1.29 is 9.59 Å². The van der Waals surface area contributed by atoms with Crippen molar-refractivity contribution in [1.29, 1.82) is 0 Å². The van der Waals surface area contributed by atoms with Gasteiger partial charge in [-0.2, -0.15) is 0 Å². The molecule has 2 amide bonds. The Kier molecular flexibility index (Phi) is 3.71. The molecule has 1 N–H and O–H groups in total. The molecule has 2 aliphatic heterocycles. The van der Waals surface area contributed by atoms with Gasteiger partial charge in [0.2, 0.25) is 5.91 Å². The number of nitrogens with zero attached hydrogens (tertiary/aromatic N) is 2. The van der Waals surface area contributed by atoms with Crippen LogP contribution in [0.4, 0.5) is 0 Å². The average Bonchev–Trinajstić information content (AvgIpc) is 2.78. The van der Waals surface area contributed by atoms with E-state index in [-0.39, 0.29) is 17.9 Å². The first-order chi connectivity index (χ1) is 8.11. The fourth-order valence-corrected chi connectivity index (χ4v) is 3.02. The van der Waals surface area contributed by atoms with Crippen molar-refractivity contribution in [3.8, 4) is 0 Å². The van der Waals surface area contributed by atoms with Gasteiger partial charge in [0.05, 0.1) is 0 Å². The third-order valence-electron chi connectivity index (χ3n) is 3.14. The van der Waals surface area contributed by atoms with Gasteiger partial charge < -0.3 is 5.32 Å². The maximum atomic E-state index is 11.8. The highest BCUT2D eigenvalue weighted by molar-refractivity contribution is 8.14. The van der Waals surface area contributed by atoms with Crippen molar-refractivity contribution in [1.82, 2.24) is 10.2 Å². The fourth-order valence-electron chi connectivity index (χ4n) is 1.89. The van der Waals surface area contributed by atoms with Gasteiger partial charge in [0.15, 0.2) is 5.17 Å². The maximum absolute atomic E-state index is 11.8. The van der Waals surface area contributed by atoms with Gasteiger partial charge >= 0.3 is 0 Å². The van der Waals surface area contributed by atoms with Gasteiger partial charge in [0, 0.05) is 25.3 Å². The summed E-state index contributed by atoms with van der Waals surface area (Å²) in [6.07, 6.45) is 2.00. The van der Waals surface area contributed by atoms with Crippen molar-refractivity contribution in [3.63, 3.8) is 0 Å². The number of likely N-dealkylation sites (tertiary alicyclic amines) is 1. The summed E-state index contributed by atoms with van der Waals surface area (Å²) in [7, 11) is 1.53. The zero-order valence-corrected chi connectivity index (χ0v) is 10.9. The number of nitrogens with one attached hydrogen (secondary N) is 1. The third-order valence-corrected chi connectivity index (χ3v) is 4.20. The second-order valence-corrected chi connectivity index (χ2v) is 5.35. The van der Waals surface area contributed by atoms with E-state index in [2.05, 4.69) is 17.2 Å². The quantitative estimate of drug-likeness (QED) is 0.734. The maximum Gasteiger partial charge on any atom is 0.253 e. The molecule has 0 spiro atoms. The van der Waals surface area contributed by atoms with E-state index < -0.39 is 0 Å². The number of hydrogen-bond acceptors (Lipinski definition) is 4. The van der Waals surface area contributed by atoms with Crippen molar-refractivity contribution >= 4 is 28.7 Å². The van der Waals surface area contributed by atoms with E-state index in [4.69, 9.17) is 0 Å². The molecule has 2 aliphatic rings. The molecule has 2 atom stereocenters. The van der Waals surface area contributed by atoms with E-state index in [1.54, 1.807) is 11.8 Å². The molecular formula is C11H17N3O2S. The molecule has 0 aliphatic carbocycles. The Morgan fingerprint density at radius 3 is 2.94 bits per heavy atom. The van der Waals surface area contributed by atoms with Crippen LogP contribution in [0.15, 0.2) is 4.99 Å². The van der Waals surface area contributed by atoms with E-state index in [9.17, 15) is 9.59 Å². The van der Waals surface area contributed by atoms with E-state index in [0.29, 0.717) is 18.9 Å². The van der Waals surface area contributed by atoms with Gasteiger partial charge in [-0.15, -0.1) is 0 Å². The number of piperidine rings is 1. The molecule has 17 heavy (non-hydrogen) atoms. The molecule has 0 bridgehead atoms. The Bertz CT molecular complexity index is 370. The minimum atomic E-state index is -0.386. The van der Waals surface area contributed by atoms with Crippen molar-refractivity contribution in [2.75, 3.05) is 12.8 Å². The summed E-state index contributed by atoms with van der Waals surface area (Å²) in [6, 6.07) is 0.0695. The molecule has 94 valence electrons. The topological polar surface area (TPSA) is 61.8 Å². The van der Waals surface area contributed by atoms with Gasteiger partial charge in [0.25, 0.3) is 5.91 Å². The van der Waals surface area contributed by atoms with Crippen LogP contribution in [-0.2, 0) is 9.59 Å². The third kappa shape index (κ3) is 2.62.